The molecular weight excluding hydrogens is 285 g/mol. The number of rotatable bonds is 4. The maximum Gasteiger partial charge on any atom is 0.417 e. The number of carboxylic acid groups (broad SMARTS) is 1. The highest BCUT2D eigenvalue weighted by Gasteiger charge is 2.30. The van der Waals surface area contributed by atoms with Crippen LogP contribution in [0.15, 0.2) is 42.6 Å². The standard InChI is InChI=1S/C14H11F3N2O2/c15-14(16,17)11-5-6-12(19-8-11)18-7-9-1-3-10(4-2-9)13(20)21/h1-6,8H,7H2,(H,18,19)(H,20,21). The number of nitrogens with zero attached hydrogens (tertiary/aromatic N) is 1. The first-order valence-corrected chi connectivity index (χ1v) is 5.95. The van der Waals surface area contributed by atoms with E-state index in [4.69, 9.17) is 5.11 Å². The van der Waals surface area contributed by atoms with Crippen LogP contribution in [0.3, 0.4) is 0 Å². The van der Waals surface area contributed by atoms with E-state index in [0.717, 1.165) is 17.8 Å². The molecule has 0 spiro atoms. The molecule has 0 amide bonds. The summed E-state index contributed by atoms with van der Waals surface area (Å²) in [5.74, 6) is -0.704. The molecule has 0 aliphatic rings. The second-order valence-electron chi connectivity index (χ2n) is 4.29. The van der Waals surface area contributed by atoms with Gasteiger partial charge in [0, 0.05) is 12.7 Å². The molecule has 0 aliphatic heterocycles. The summed E-state index contributed by atoms with van der Waals surface area (Å²) in [6, 6.07) is 8.36. The molecule has 1 aromatic heterocycles. The summed E-state index contributed by atoms with van der Waals surface area (Å²) in [5.41, 5.74) is 0.159. The van der Waals surface area contributed by atoms with E-state index in [2.05, 4.69) is 10.3 Å². The molecule has 0 atom stereocenters. The first kappa shape index (κ1) is 14.8. The van der Waals surface area contributed by atoms with E-state index in [9.17, 15) is 18.0 Å². The molecule has 1 aromatic carbocycles. The van der Waals surface area contributed by atoms with Crippen LogP contribution in [0, 0.1) is 0 Å². The lowest BCUT2D eigenvalue weighted by molar-refractivity contribution is -0.137. The molecule has 2 aromatic rings. The van der Waals surface area contributed by atoms with E-state index >= 15 is 0 Å². The monoisotopic (exact) mass is 296 g/mol. The number of alkyl halides is 3. The number of anilines is 1. The Labute approximate surface area is 118 Å². The third kappa shape index (κ3) is 3.95. The average Bonchev–Trinajstić information content (AvgIpc) is 2.45. The SMILES string of the molecule is O=C(O)c1ccc(CNc2ccc(C(F)(F)F)cn2)cc1. The number of hydrogen-bond acceptors (Lipinski definition) is 3. The summed E-state index contributed by atoms with van der Waals surface area (Å²) >= 11 is 0. The number of benzene rings is 1. The molecule has 0 radical (unpaired) electrons. The molecule has 0 unspecified atom stereocenters. The van der Waals surface area contributed by atoms with Gasteiger partial charge in [-0.25, -0.2) is 9.78 Å². The number of nitrogens with one attached hydrogen (secondary N) is 1. The molecule has 2 rings (SSSR count). The van der Waals surface area contributed by atoms with Gasteiger partial charge in [-0.2, -0.15) is 13.2 Å². The van der Waals surface area contributed by atoms with Gasteiger partial charge >= 0.3 is 12.1 Å². The number of aromatic carboxylic acids is 1. The van der Waals surface area contributed by atoms with Crippen molar-refractivity contribution in [2.75, 3.05) is 5.32 Å². The zero-order valence-corrected chi connectivity index (χ0v) is 10.7. The van der Waals surface area contributed by atoms with Crippen molar-refractivity contribution in [3.8, 4) is 0 Å². The van der Waals surface area contributed by atoms with E-state index < -0.39 is 17.7 Å². The minimum Gasteiger partial charge on any atom is -0.478 e. The fourth-order valence-electron chi connectivity index (χ4n) is 1.62. The fraction of sp³-hybridized carbons (Fsp3) is 0.143. The molecule has 2 N–H and O–H groups in total. The van der Waals surface area contributed by atoms with E-state index in [1.807, 2.05) is 0 Å². The normalized spacial score (nSPS) is 11.2. The van der Waals surface area contributed by atoms with Crippen LogP contribution in [0.1, 0.15) is 21.5 Å². The van der Waals surface area contributed by atoms with Crippen LogP contribution in [-0.2, 0) is 12.7 Å². The van der Waals surface area contributed by atoms with Gasteiger partial charge in [-0.15, -0.1) is 0 Å². The molecule has 21 heavy (non-hydrogen) atoms. The average molecular weight is 296 g/mol. The Morgan fingerprint density at radius 2 is 1.81 bits per heavy atom. The predicted molar refractivity (Wildman–Crippen MR) is 70.0 cm³/mol. The predicted octanol–water partition coefficient (Wildman–Crippen LogP) is 3.41. The van der Waals surface area contributed by atoms with Gasteiger partial charge in [0.05, 0.1) is 11.1 Å². The zero-order chi connectivity index (χ0) is 15.5. The van der Waals surface area contributed by atoms with Gasteiger partial charge in [0.15, 0.2) is 0 Å². The largest absolute Gasteiger partial charge is 0.478 e. The lowest BCUT2D eigenvalue weighted by Crippen LogP contribution is -2.07. The Balaban J connectivity index is 1.98. The van der Waals surface area contributed by atoms with Gasteiger partial charge < -0.3 is 10.4 Å². The Hall–Kier alpha value is -2.57. The van der Waals surface area contributed by atoms with E-state index in [-0.39, 0.29) is 5.56 Å². The molecule has 110 valence electrons. The topological polar surface area (TPSA) is 62.2 Å². The van der Waals surface area contributed by atoms with E-state index in [1.54, 1.807) is 12.1 Å². The lowest BCUT2D eigenvalue weighted by Gasteiger charge is -2.09. The van der Waals surface area contributed by atoms with Crippen LogP contribution in [0.5, 0.6) is 0 Å². The number of carboxylic acids is 1. The van der Waals surface area contributed by atoms with Crippen LogP contribution < -0.4 is 5.32 Å². The van der Waals surface area contributed by atoms with Crippen molar-refractivity contribution in [2.45, 2.75) is 12.7 Å². The Morgan fingerprint density at radius 1 is 1.14 bits per heavy atom. The number of pyridine rings is 1. The molecule has 0 fully saturated rings. The summed E-state index contributed by atoms with van der Waals surface area (Å²) < 4.78 is 37.1. The molecule has 0 aliphatic carbocycles. The van der Waals surface area contributed by atoms with Crippen molar-refractivity contribution in [1.82, 2.24) is 4.98 Å². The Morgan fingerprint density at radius 3 is 2.29 bits per heavy atom. The third-order valence-electron chi connectivity index (χ3n) is 2.77. The fourth-order valence-corrected chi connectivity index (χ4v) is 1.62. The van der Waals surface area contributed by atoms with Crippen molar-refractivity contribution in [3.63, 3.8) is 0 Å². The van der Waals surface area contributed by atoms with Gasteiger partial charge in [0.25, 0.3) is 0 Å². The van der Waals surface area contributed by atoms with Crippen LogP contribution in [0.4, 0.5) is 19.0 Å². The van der Waals surface area contributed by atoms with Gasteiger partial charge in [0.2, 0.25) is 0 Å². The van der Waals surface area contributed by atoms with Crippen molar-refractivity contribution in [1.29, 1.82) is 0 Å². The van der Waals surface area contributed by atoms with Crippen molar-refractivity contribution in [3.05, 3.63) is 59.3 Å². The third-order valence-corrected chi connectivity index (χ3v) is 2.77. The molecule has 4 nitrogen and oxygen atoms in total. The summed E-state index contributed by atoms with van der Waals surface area (Å²) in [4.78, 5) is 14.4. The number of carbonyl (C=O) groups is 1. The molecule has 0 bridgehead atoms. The van der Waals surface area contributed by atoms with Crippen LogP contribution in [0.25, 0.3) is 0 Å². The summed E-state index contributed by atoms with van der Waals surface area (Å²) in [6.45, 7) is 0.332. The highest BCUT2D eigenvalue weighted by atomic mass is 19.4. The first-order chi connectivity index (χ1) is 9.86. The summed E-state index contributed by atoms with van der Waals surface area (Å²) in [7, 11) is 0. The second-order valence-corrected chi connectivity index (χ2v) is 4.29. The highest BCUT2D eigenvalue weighted by Crippen LogP contribution is 2.28. The second kappa shape index (κ2) is 5.82. The number of hydrogen-bond donors (Lipinski definition) is 2. The smallest absolute Gasteiger partial charge is 0.417 e. The van der Waals surface area contributed by atoms with Crippen molar-refractivity contribution < 1.29 is 23.1 Å². The number of halogens is 3. The molecule has 7 heteroatoms. The van der Waals surface area contributed by atoms with Crippen LogP contribution in [-0.4, -0.2) is 16.1 Å². The summed E-state index contributed by atoms with van der Waals surface area (Å²) in [6.07, 6.45) is -3.64. The first-order valence-electron chi connectivity index (χ1n) is 5.95. The lowest BCUT2D eigenvalue weighted by atomic mass is 10.1. The van der Waals surface area contributed by atoms with Crippen LogP contribution in [0.2, 0.25) is 0 Å². The number of aromatic nitrogens is 1. The zero-order valence-electron chi connectivity index (χ0n) is 10.7. The quantitative estimate of drug-likeness (QED) is 0.907. The van der Waals surface area contributed by atoms with E-state index in [0.29, 0.717) is 12.4 Å². The maximum absolute atomic E-state index is 12.4. The van der Waals surface area contributed by atoms with E-state index in [1.165, 1.54) is 18.2 Å². The van der Waals surface area contributed by atoms with Gasteiger partial charge in [0.1, 0.15) is 5.82 Å². The molecule has 1 heterocycles. The Bertz CT molecular complexity index is 622. The molecule has 0 saturated carbocycles. The molecular formula is C14H11F3N2O2. The van der Waals surface area contributed by atoms with Gasteiger partial charge in [-0.05, 0) is 29.8 Å². The van der Waals surface area contributed by atoms with Crippen LogP contribution >= 0.6 is 0 Å². The minimum absolute atomic E-state index is 0.173. The maximum atomic E-state index is 12.4. The summed E-state index contributed by atoms with van der Waals surface area (Å²) in [5, 5.41) is 11.6. The Kier molecular flexibility index (Phi) is 4.11. The van der Waals surface area contributed by atoms with Crippen molar-refractivity contribution >= 4 is 11.8 Å². The minimum atomic E-state index is -4.40. The highest BCUT2D eigenvalue weighted by molar-refractivity contribution is 5.87. The van der Waals surface area contributed by atoms with Gasteiger partial charge in [-0.3, -0.25) is 0 Å². The van der Waals surface area contributed by atoms with Gasteiger partial charge in [-0.1, -0.05) is 12.1 Å². The van der Waals surface area contributed by atoms with Crippen molar-refractivity contribution in [2.24, 2.45) is 0 Å². The molecule has 0 saturated heterocycles.